The molecule has 2 amide bonds. The molecule has 2 aromatic rings. The van der Waals surface area contributed by atoms with Crippen LogP contribution in [0, 0.1) is 12.8 Å². The SMILES string of the molecule is CCCCN1C(=O)[C@](C)(C2CCCCC2)NC(=O)C12CCN(Cc1c(C)nn(-c3ccccc3)c1Cl)CC2. The Morgan fingerprint density at radius 2 is 1.76 bits per heavy atom. The highest BCUT2D eigenvalue weighted by molar-refractivity contribution is 6.30. The molecule has 1 saturated carbocycles. The summed E-state index contributed by atoms with van der Waals surface area (Å²) in [4.78, 5) is 32.4. The van der Waals surface area contributed by atoms with Gasteiger partial charge in [0.05, 0.1) is 11.4 Å². The van der Waals surface area contributed by atoms with Crippen LogP contribution in [0.15, 0.2) is 30.3 Å². The third-order valence-corrected chi connectivity index (χ3v) is 9.73. The second kappa shape index (κ2) is 11.0. The molecule has 3 aliphatic rings. The van der Waals surface area contributed by atoms with Crippen LogP contribution in [0.1, 0.15) is 82.9 Å². The highest BCUT2D eigenvalue weighted by Gasteiger charge is 2.59. The van der Waals surface area contributed by atoms with Crippen LogP contribution in [0.4, 0.5) is 0 Å². The van der Waals surface area contributed by atoms with E-state index in [-0.39, 0.29) is 17.7 Å². The number of unbranched alkanes of at least 4 members (excludes halogenated alkanes) is 1. The lowest BCUT2D eigenvalue weighted by Crippen LogP contribution is -2.78. The molecule has 2 aliphatic heterocycles. The zero-order valence-corrected chi connectivity index (χ0v) is 23.9. The van der Waals surface area contributed by atoms with Gasteiger partial charge in [-0.3, -0.25) is 14.5 Å². The van der Waals surface area contributed by atoms with Gasteiger partial charge in [-0.2, -0.15) is 5.10 Å². The Labute approximate surface area is 231 Å². The van der Waals surface area contributed by atoms with E-state index in [4.69, 9.17) is 16.7 Å². The quantitative estimate of drug-likeness (QED) is 0.520. The normalized spacial score (nSPS) is 24.7. The van der Waals surface area contributed by atoms with Gasteiger partial charge < -0.3 is 10.2 Å². The Balaban J connectivity index is 1.33. The molecule has 1 N–H and O–H groups in total. The van der Waals surface area contributed by atoms with Crippen molar-refractivity contribution in [3.8, 4) is 5.69 Å². The van der Waals surface area contributed by atoms with Gasteiger partial charge in [0.15, 0.2) is 0 Å². The number of para-hydroxylation sites is 1. The maximum atomic E-state index is 14.1. The molecule has 38 heavy (non-hydrogen) atoms. The topological polar surface area (TPSA) is 70.5 Å². The average Bonchev–Trinajstić information content (AvgIpc) is 3.22. The van der Waals surface area contributed by atoms with Crippen LogP contribution in [0.25, 0.3) is 5.69 Å². The number of halogens is 1. The van der Waals surface area contributed by atoms with Crippen molar-refractivity contribution < 1.29 is 9.59 Å². The molecule has 7 nitrogen and oxygen atoms in total. The van der Waals surface area contributed by atoms with Gasteiger partial charge in [-0.15, -0.1) is 0 Å². The van der Waals surface area contributed by atoms with Gasteiger partial charge in [0.1, 0.15) is 16.2 Å². The number of piperazine rings is 1. The van der Waals surface area contributed by atoms with Crippen molar-refractivity contribution in [2.24, 2.45) is 5.92 Å². The number of carbonyl (C=O) groups is 2. The number of aryl methyl sites for hydroxylation is 1. The van der Waals surface area contributed by atoms with E-state index in [0.29, 0.717) is 31.1 Å². The van der Waals surface area contributed by atoms with Crippen LogP contribution in [0.3, 0.4) is 0 Å². The van der Waals surface area contributed by atoms with E-state index in [0.717, 1.165) is 68.6 Å². The van der Waals surface area contributed by atoms with Gasteiger partial charge in [-0.1, -0.05) is 62.4 Å². The van der Waals surface area contributed by atoms with Crippen molar-refractivity contribution in [1.82, 2.24) is 24.9 Å². The summed E-state index contributed by atoms with van der Waals surface area (Å²) in [5.74, 6) is 0.404. The number of hydrogen-bond acceptors (Lipinski definition) is 4. The smallest absolute Gasteiger partial charge is 0.249 e. The summed E-state index contributed by atoms with van der Waals surface area (Å²) in [6, 6.07) is 9.93. The minimum atomic E-state index is -0.787. The maximum absolute atomic E-state index is 14.1. The van der Waals surface area contributed by atoms with Crippen molar-refractivity contribution in [1.29, 1.82) is 0 Å². The Bertz CT molecular complexity index is 1150. The summed E-state index contributed by atoms with van der Waals surface area (Å²) in [6.07, 6.45) is 8.72. The Morgan fingerprint density at radius 3 is 2.42 bits per heavy atom. The van der Waals surface area contributed by atoms with Crippen molar-refractivity contribution >= 4 is 23.4 Å². The summed E-state index contributed by atoms with van der Waals surface area (Å²) in [5, 5.41) is 8.63. The van der Waals surface area contributed by atoms with E-state index in [9.17, 15) is 9.59 Å². The number of hydrogen-bond donors (Lipinski definition) is 1. The van der Waals surface area contributed by atoms with E-state index in [2.05, 4.69) is 17.1 Å². The Morgan fingerprint density at radius 1 is 1.08 bits per heavy atom. The minimum Gasteiger partial charge on any atom is -0.340 e. The van der Waals surface area contributed by atoms with E-state index in [1.54, 1.807) is 4.68 Å². The predicted octanol–water partition coefficient (Wildman–Crippen LogP) is 5.27. The van der Waals surface area contributed by atoms with Crippen LogP contribution in [-0.4, -0.2) is 62.1 Å². The van der Waals surface area contributed by atoms with Crippen LogP contribution in [0.2, 0.25) is 5.15 Å². The third-order valence-electron chi connectivity index (χ3n) is 9.35. The summed E-state index contributed by atoms with van der Waals surface area (Å²) < 4.78 is 1.80. The summed E-state index contributed by atoms with van der Waals surface area (Å²) in [5.41, 5.74) is 1.32. The van der Waals surface area contributed by atoms with Crippen molar-refractivity contribution in [2.45, 2.75) is 96.2 Å². The number of nitrogens with zero attached hydrogens (tertiary/aromatic N) is 4. The summed E-state index contributed by atoms with van der Waals surface area (Å²) in [7, 11) is 0. The van der Waals surface area contributed by atoms with Gasteiger partial charge in [0.25, 0.3) is 0 Å². The molecule has 1 aromatic carbocycles. The number of benzene rings is 1. The van der Waals surface area contributed by atoms with Crippen LogP contribution in [0.5, 0.6) is 0 Å². The number of piperidine rings is 1. The van der Waals surface area contributed by atoms with E-state index in [1.807, 2.05) is 49.1 Å². The summed E-state index contributed by atoms with van der Waals surface area (Å²) in [6.45, 7) is 8.92. The lowest BCUT2D eigenvalue weighted by molar-refractivity contribution is -0.169. The van der Waals surface area contributed by atoms with Gasteiger partial charge in [-0.05, 0) is 64.0 Å². The third kappa shape index (κ3) is 4.77. The molecule has 0 bridgehead atoms. The minimum absolute atomic E-state index is 0.0482. The summed E-state index contributed by atoms with van der Waals surface area (Å²) >= 11 is 6.81. The van der Waals surface area contributed by atoms with Gasteiger partial charge in [-0.25, -0.2) is 4.68 Å². The first-order valence-corrected chi connectivity index (χ1v) is 14.8. The van der Waals surface area contributed by atoms with Crippen LogP contribution in [-0.2, 0) is 16.1 Å². The molecular weight excluding hydrogens is 498 g/mol. The second-order valence-electron chi connectivity index (χ2n) is 11.7. The number of nitrogens with one attached hydrogen (secondary N) is 1. The fraction of sp³-hybridized carbons (Fsp3) is 0.633. The van der Waals surface area contributed by atoms with E-state index in [1.165, 1.54) is 6.42 Å². The Hall–Kier alpha value is -2.38. The first-order valence-electron chi connectivity index (χ1n) is 14.5. The van der Waals surface area contributed by atoms with Crippen LogP contribution < -0.4 is 5.32 Å². The molecule has 0 unspecified atom stereocenters. The molecule has 2 saturated heterocycles. The molecule has 1 spiro atoms. The fourth-order valence-corrected chi connectivity index (χ4v) is 7.18. The first-order chi connectivity index (χ1) is 18.3. The molecule has 8 heteroatoms. The van der Waals surface area contributed by atoms with Gasteiger partial charge in [0, 0.05) is 31.7 Å². The van der Waals surface area contributed by atoms with Crippen molar-refractivity contribution in [2.75, 3.05) is 19.6 Å². The largest absolute Gasteiger partial charge is 0.340 e. The maximum Gasteiger partial charge on any atom is 0.249 e. The zero-order valence-electron chi connectivity index (χ0n) is 23.1. The highest BCUT2D eigenvalue weighted by Crippen LogP contribution is 2.42. The molecule has 1 aliphatic carbocycles. The zero-order chi connectivity index (χ0) is 26.9. The number of aromatic nitrogens is 2. The fourth-order valence-electron chi connectivity index (χ4n) is 6.84. The van der Waals surface area contributed by atoms with Gasteiger partial charge in [0.2, 0.25) is 11.8 Å². The van der Waals surface area contributed by atoms with E-state index < -0.39 is 11.1 Å². The lowest BCUT2D eigenvalue weighted by Gasteiger charge is -2.56. The molecule has 1 atom stereocenters. The van der Waals surface area contributed by atoms with Crippen molar-refractivity contribution in [3.05, 3.63) is 46.7 Å². The molecule has 1 aromatic heterocycles. The van der Waals surface area contributed by atoms with Gasteiger partial charge >= 0.3 is 0 Å². The monoisotopic (exact) mass is 539 g/mol. The highest BCUT2D eigenvalue weighted by atomic mass is 35.5. The number of amides is 2. The Kier molecular flexibility index (Phi) is 7.88. The second-order valence-corrected chi connectivity index (χ2v) is 12.1. The standard InChI is InChI=1S/C30H42ClN5O2/c1-4-5-18-35-28(38)29(3,23-12-8-6-9-13-23)32-27(37)30(35)16-19-34(20-17-30)21-25-22(2)33-36(26(25)31)24-14-10-7-11-15-24/h7,10-11,14-15,23H,4-6,8-9,12-13,16-21H2,1-3H3,(H,32,37)/t29-/m0/s1. The lowest BCUT2D eigenvalue weighted by atomic mass is 9.70. The molecular formula is C30H42ClN5O2. The molecule has 3 fully saturated rings. The molecule has 5 rings (SSSR count). The number of rotatable bonds is 7. The average molecular weight is 540 g/mol. The molecule has 3 heterocycles. The molecule has 206 valence electrons. The first kappa shape index (κ1) is 27.2. The number of carbonyl (C=O) groups excluding carboxylic acids is 2. The predicted molar refractivity (Wildman–Crippen MR) is 150 cm³/mol. The van der Waals surface area contributed by atoms with E-state index >= 15 is 0 Å². The number of likely N-dealkylation sites (tertiary alicyclic amines) is 1. The van der Waals surface area contributed by atoms with Crippen LogP contribution >= 0.6 is 11.6 Å². The molecule has 0 radical (unpaired) electrons. The van der Waals surface area contributed by atoms with Crippen molar-refractivity contribution in [3.63, 3.8) is 0 Å².